The van der Waals surface area contributed by atoms with Gasteiger partial charge in [-0.2, -0.15) is 13.9 Å². The topological polar surface area (TPSA) is 83.8 Å². The van der Waals surface area contributed by atoms with Gasteiger partial charge in [0, 0.05) is 17.5 Å². The summed E-state index contributed by atoms with van der Waals surface area (Å²) in [6.07, 6.45) is 1.90. The minimum atomic E-state index is -2.87. The molecule has 2 heterocycles. The van der Waals surface area contributed by atoms with Crippen LogP contribution in [0.5, 0.6) is 5.75 Å². The summed E-state index contributed by atoms with van der Waals surface area (Å²) in [5.41, 5.74) is 2.49. The molecule has 29 heavy (non-hydrogen) atoms. The van der Waals surface area contributed by atoms with Gasteiger partial charge in [-0.05, 0) is 42.5 Å². The van der Waals surface area contributed by atoms with E-state index in [-0.39, 0.29) is 5.75 Å². The molecule has 0 amide bonds. The lowest BCUT2D eigenvalue weighted by molar-refractivity contribution is -0.0498. The molecule has 0 unspecified atom stereocenters. The zero-order valence-corrected chi connectivity index (χ0v) is 15.8. The molecule has 2 aromatic heterocycles. The van der Waals surface area contributed by atoms with Gasteiger partial charge in [0.2, 0.25) is 5.16 Å². The molecule has 10 heteroatoms. The zero-order chi connectivity index (χ0) is 20.2. The number of hydrogen-bond donors (Lipinski definition) is 1. The first kappa shape index (κ1) is 18.9. The van der Waals surface area contributed by atoms with Crippen LogP contribution in [0.3, 0.4) is 0 Å². The Morgan fingerprint density at radius 3 is 2.48 bits per heavy atom. The third kappa shape index (κ3) is 4.37. The average molecular weight is 414 g/mol. The maximum Gasteiger partial charge on any atom is 0.387 e. The molecule has 4 aromatic rings. The average Bonchev–Trinajstić information content (AvgIpc) is 3.34. The summed E-state index contributed by atoms with van der Waals surface area (Å²) in [4.78, 5) is 0. The third-order valence-electron chi connectivity index (χ3n) is 4.02. The molecule has 0 fully saturated rings. The normalized spacial score (nSPS) is 11.1. The Morgan fingerprint density at radius 1 is 1.00 bits per heavy atom. The highest BCUT2D eigenvalue weighted by atomic mass is 32.2. The van der Waals surface area contributed by atoms with E-state index in [4.69, 9.17) is 5.84 Å². The van der Waals surface area contributed by atoms with Crippen molar-refractivity contribution in [1.82, 2.24) is 24.7 Å². The van der Waals surface area contributed by atoms with E-state index in [0.717, 1.165) is 11.4 Å². The molecule has 148 valence electrons. The number of thioether (sulfide) groups is 1. The second-order valence-electron chi connectivity index (χ2n) is 5.95. The third-order valence-corrected chi connectivity index (χ3v) is 4.99. The Morgan fingerprint density at radius 2 is 1.76 bits per heavy atom. The molecule has 0 aliphatic rings. The number of ether oxygens (including phenoxy) is 1. The van der Waals surface area contributed by atoms with Gasteiger partial charge in [0.25, 0.3) is 0 Å². The van der Waals surface area contributed by atoms with Crippen LogP contribution >= 0.6 is 11.8 Å². The first-order valence-corrected chi connectivity index (χ1v) is 9.57. The monoisotopic (exact) mass is 414 g/mol. The van der Waals surface area contributed by atoms with Crippen molar-refractivity contribution in [2.24, 2.45) is 0 Å². The van der Waals surface area contributed by atoms with Crippen LogP contribution in [0.2, 0.25) is 0 Å². The molecule has 0 saturated carbocycles. The van der Waals surface area contributed by atoms with Gasteiger partial charge in [0.15, 0.2) is 5.82 Å². The molecular weight excluding hydrogens is 398 g/mol. The molecule has 2 aromatic carbocycles. The first-order valence-electron chi connectivity index (χ1n) is 8.58. The fraction of sp³-hybridized carbons (Fsp3) is 0.105. The highest BCUT2D eigenvalue weighted by Crippen LogP contribution is 2.26. The van der Waals surface area contributed by atoms with E-state index in [1.807, 2.05) is 42.6 Å². The van der Waals surface area contributed by atoms with Crippen molar-refractivity contribution in [1.29, 1.82) is 0 Å². The minimum absolute atomic E-state index is 0.0652. The minimum Gasteiger partial charge on any atom is -0.435 e. The van der Waals surface area contributed by atoms with Crippen LogP contribution in [0, 0.1) is 0 Å². The number of rotatable bonds is 7. The number of nitrogen functional groups attached to an aromatic ring is 1. The van der Waals surface area contributed by atoms with Gasteiger partial charge in [-0.25, -0.2) is 9.36 Å². The highest BCUT2D eigenvalue weighted by molar-refractivity contribution is 7.98. The van der Waals surface area contributed by atoms with Crippen LogP contribution in [0.1, 0.15) is 5.69 Å². The van der Waals surface area contributed by atoms with Crippen molar-refractivity contribution in [3.8, 4) is 22.8 Å². The van der Waals surface area contributed by atoms with Crippen molar-refractivity contribution < 1.29 is 13.5 Å². The Balaban J connectivity index is 1.43. The summed E-state index contributed by atoms with van der Waals surface area (Å²) in [6.45, 7) is -2.87. The molecule has 2 N–H and O–H groups in total. The largest absolute Gasteiger partial charge is 0.435 e. The standard InChI is InChI=1S/C19H16F2N6OS/c20-18(21)28-16-8-6-13(7-9-16)17-23-24-19(27(17)22)29-12-14-10-11-26(25-14)15-4-2-1-3-5-15/h1-11,18H,12,22H2. The number of aromatic nitrogens is 5. The molecule has 0 bridgehead atoms. The molecule has 0 spiro atoms. The number of halogens is 2. The van der Waals surface area contributed by atoms with Gasteiger partial charge < -0.3 is 10.6 Å². The highest BCUT2D eigenvalue weighted by Gasteiger charge is 2.14. The second kappa shape index (κ2) is 8.31. The van der Waals surface area contributed by atoms with Crippen molar-refractivity contribution in [3.63, 3.8) is 0 Å². The molecule has 4 rings (SSSR count). The number of alkyl halides is 2. The number of nitrogens with zero attached hydrogens (tertiary/aromatic N) is 5. The van der Waals surface area contributed by atoms with Crippen LogP contribution < -0.4 is 10.6 Å². The van der Waals surface area contributed by atoms with E-state index in [1.54, 1.807) is 16.8 Å². The predicted octanol–water partition coefficient (Wildman–Crippen LogP) is 3.74. The fourth-order valence-electron chi connectivity index (χ4n) is 2.66. The predicted molar refractivity (Wildman–Crippen MR) is 105 cm³/mol. The van der Waals surface area contributed by atoms with Gasteiger partial charge in [-0.1, -0.05) is 30.0 Å². The maximum absolute atomic E-state index is 12.3. The summed E-state index contributed by atoms with van der Waals surface area (Å²) in [6, 6.07) is 17.8. The first-order chi connectivity index (χ1) is 14.1. The quantitative estimate of drug-likeness (QED) is 0.366. The van der Waals surface area contributed by atoms with Crippen LogP contribution in [0.15, 0.2) is 72.0 Å². The maximum atomic E-state index is 12.3. The second-order valence-corrected chi connectivity index (χ2v) is 6.90. The summed E-state index contributed by atoms with van der Waals surface area (Å²) in [7, 11) is 0. The molecule has 0 radical (unpaired) electrons. The fourth-order valence-corrected chi connectivity index (χ4v) is 3.41. The Hall–Kier alpha value is -3.40. The molecule has 0 aliphatic heterocycles. The number of benzene rings is 2. The van der Waals surface area contributed by atoms with Gasteiger partial charge in [-0.3, -0.25) is 0 Å². The molecule has 0 saturated heterocycles. The molecule has 0 aliphatic carbocycles. The van der Waals surface area contributed by atoms with Gasteiger partial charge >= 0.3 is 6.61 Å². The lowest BCUT2D eigenvalue weighted by atomic mass is 10.2. The lowest BCUT2D eigenvalue weighted by Gasteiger charge is -2.06. The van der Waals surface area contributed by atoms with Crippen LogP contribution in [0.25, 0.3) is 17.1 Å². The van der Waals surface area contributed by atoms with E-state index in [1.165, 1.54) is 28.6 Å². The van der Waals surface area contributed by atoms with Crippen molar-refractivity contribution in [3.05, 3.63) is 72.6 Å². The van der Waals surface area contributed by atoms with Crippen LogP contribution in [0.4, 0.5) is 8.78 Å². The summed E-state index contributed by atoms with van der Waals surface area (Å²) in [5, 5.41) is 13.3. The number of hydrogen-bond acceptors (Lipinski definition) is 6. The van der Waals surface area contributed by atoms with Gasteiger partial charge in [0.05, 0.1) is 11.4 Å². The van der Waals surface area contributed by atoms with Crippen molar-refractivity contribution >= 4 is 11.8 Å². The molecular formula is C19H16F2N6OS. The van der Waals surface area contributed by atoms with E-state index in [2.05, 4.69) is 20.0 Å². The van der Waals surface area contributed by atoms with Gasteiger partial charge in [-0.15, -0.1) is 10.2 Å². The van der Waals surface area contributed by atoms with Crippen molar-refractivity contribution in [2.75, 3.05) is 5.84 Å². The van der Waals surface area contributed by atoms with Gasteiger partial charge in [0.1, 0.15) is 5.75 Å². The number of nitrogens with two attached hydrogens (primary N) is 1. The SMILES string of the molecule is Nn1c(SCc2ccn(-c3ccccc3)n2)nnc1-c1ccc(OC(F)F)cc1. The lowest BCUT2D eigenvalue weighted by Crippen LogP contribution is -2.11. The van der Waals surface area contributed by atoms with E-state index < -0.39 is 6.61 Å². The smallest absolute Gasteiger partial charge is 0.387 e. The summed E-state index contributed by atoms with van der Waals surface area (Å²) in [5.74, 6) is 7.16. The summed E-state index contributed by atoms with van der Waals surface area (Å²) < 4.78 is 32.0. The van der Waals surface area contributed by atoms with E-state index in [0.29, 0.717) is 22.3 Å². The zero-order valence-electron chi connectivity index (χ0n) is 15.0. The van der Waals surface area contributed by atoms with Crippen molar-refractivity contribution in [2.45, 2.75) is 17.5 Å². The molecule has 0 atom stereocenters. The van der Waals surface area contributed by atoms with E-state index in [9.17, 15) is 8.78 Å². The van der Waals surface area contributed by atoms with E-state index >= 15 is 0 Å². The van der Waals surface area contributed by atoms with Crippen LogP contribution in [-0.4, -0.2) is 31.3 Å². The Kier molecular flexibility index (Phi) is 5.43. The van der Waals surface area contributed by atoms with Crippen LogP contribution in [-0.2, 0) is 5.75 Å². The summed E-state index contributed by atoms with van der Waals surface area (Å²) >= 11 is 1.40. The number of para-hydroxylation sites is 1. The Labute approximate surface area is 169 Å². The molecule has 7 nitrogen and oxygen atoms in total. The Bertz CT molecular complexity index is 1080.